The van der Waals surface area contributed by atoms with Crippen molar-refractivity contribution in [2.75, 3.05) is 5.32 Å². The van der Waals surface area contributed by atoms with Gasteiger partial charge < -0.3 is 10.1 Å². The summed E-state index contributed by atoms with van der Waals surface area (Å²) in [5, 5.41) is 17.4. The van der Waals surface area contributed by atoms with Gasteiger partial charge in [-0.2, -0.15) is 10.4 Å². The number of hydrazone groups is 1. The molecule has 2 amide bonds. The van der Waals surface area contributed by atoms with Crippen molar-refractivity contribution in [3.63, 3.8) is 0 Å². The monoisotopic (exact) mass is 462 g/mol. The Hall–Kier alpha value is -4.96. The number of nitriles is 1. The summed E-state index contributed by atoms with van der Waals surface area (Å²) in [6.45, 7) is 0.413. The number of anilines is 1. The number of ether oxygens (including phenoxy) is 1. The van der Waals surface area contributed by atoms with Gasteiger partial charge in [-0.25, -0.2) is 5.43 Å². The van der Waals surface area contributed by atoms with Gasteiger partial charge in [-0.3, -0.25) is 9.59 Å². The van der Waals surface area contributed by atoms with Crippen LogP contribution in [0.4, 0.5) is 5.69 Å². The van der Waals surface area contributed by atoms with Crippen molar-refractivity contribution in [2.24, 2.45) is 5.10 Å². The van der Waals surface area contributed by atoms with Crippen molar-refractivity contribution < 1.29 is 14.3 Å². The fraction of sp³-hybridized carbons (Fsp3) is 0.0714. The predicted molar refractivity (Wildman–Crippen MR) is 135 cm³/mol. The van der Waals surface area contributed by atoms with E-state index in [0.29, 0.717) is 23.6 Å². The Morgan fingerprint density at radius 2 is 1.69 bits per heavy atom. The Labute approximate surface area is 202 Å². The van der Waals surface area contributed by atoms with Crippen molar-refractivity contribution in [3.8, 4) is 11.8 Å². The van der Waals surface area contributed by atoms with Crippen molar-refractivity contribution in [1.82, 2.24) is 5.43 Å². The highest BCUT2D eigenvalue weighted by Gasteiger charge is 2.12. The highest BCUT2D eigenvalue weighted by atomic mass is 16.5. The van der Waals surface area contributed by atoms with Crippen molar-refractivity contribution in [1.29, 1.82) is 5.26 Å². The van der Waals surface area contributed by atoms with Gasteiger partial charge in [0, 0.05) is 5.69 Å². The molecule has 0 saturated heterocycles. The van der Waals surface area contributed by atoms with Crippen LogP contribution >= 0.6 is 0 Å². The van der Waals surface area contributed by atoms with Gasteiger partial charge in [-0.05, 0) is 51.7 Å². The first kappa shape index (κ1) is 23.2. The molecular weight excluding hydrogens is 440 g/mol. The number of nitrogens with one attached hydrogen (secondary N) is 2. The number of fused-ring (bicyclic) bond motifs is 1. The zero-order valence-corrected chi connectivity index (χ0v) is 18.8. The third-order valence-corrected chi connectivity index (χ3v) is 5.21. The molecule has 4 aromatic rings. The summed E-state index contributed by atoms with van der Waals surface area (Å²) in [6.07, 6.45) is 1.71. The fourth-order valence-corrected chi connectivity index (χ4v) is 3.47. The Morgan fingerprint density at radius 3 is 2.51 bits per heavy atom. The second kappa shape index (κ2) is 11.3. The minimum Gasteiger partial charge on any atom is -0.489 e. The number of benzene rings is 4. The van der Waals surface area contributed by atoms with E-state index >= 15 is 0 Å². The molecule has 35 heavy (non-hydrogen) atoms. The molecule has 172 valence electrons. The summed E-state index contributed by atoms with van der Waals surface area (Å²) in [5.74, 6) is -1.08. The first-order valence-electron chi connectivity index (χ1n) is 10.9. The summed E-state index contributed by atoms with van der Waals surface area (Å²) in [4.78, 5) is 24.1. The standard InChI is InChI=1S/C28H22N4O3/c29-16-15-20-11-13-24(14-12-20)31-27(33)28(34)32-30-18-21-5-3-9-25(17-21)35-19-23-8-4-7-22-6-1-2-10-26(22)23/h1-14,17-18H,15,19H2,(H,31,33)(H,32,34). The van der Waals surface area contributed by atoms with E-state index in [1.165, 1.54) is 6.21 Å². The number of hydrogen-bond acceptors (Lipinski definition) is 5. The molecule has 0 spiro atoms. The fourth-order valence-electron chi connectivity index (χ4n) is 3.47. The maximum Gasteiger partial charge on any atom is 0.329 e. The molecule has 0 saturated carbocycles. The number of carbonyl (C=O) groups excluding carboxylic acids is 2. The largest absolute Gasteiger partial charge is 0.489 e. The maximum absolute atomic E-state index is 12.1. The molecule has 4 aromatic carbocycles. The number of carbonyl (C=O) groups is 2. The van der Waals surface area contributed by atoms with Gasteiger partial charge in [0.05, 0.1) is 18.7 Å². The molecule has 0 atom stereocenters. The number of amides is 2. The second-order valence-electron chi connectivity index (χ2n) is 7.68. The molecule has 0 radical (unpaired) electrons. The third kappa shape index (κ3) is 6.30. The maximum atomic E-state index is 12.1. The van der Waals surface area contributed by atoms with Gasteiger partial charge in [-0.1, -0.05) is 66.7 Å². The van der Waals surface area contributed by atoms with Crippen molar-refractivity contribution >= 4 is 34.5 Å². The number of nitrogens with zero attached hydrogens (tertiary/aromatic N) is 2. The normalized spacial score (nSPS) is 10.6. The van der Waals surface area contributed by atoms with E-state index in [9.17, 15) is 9.59 Å². The zero-order valence-electron chi connectivity index (χ0n) is 18.8. The molecule has 2 N–H and O–H groups in total. The minimum atomic E-state index is -0.897. The van der Waals surface area contributed by atoms with Crippen LogP contribution in [0.5, 0.6) is 5.75 Å². The molecule has 0 aromatic heterocycles. The lowest BCUT2D eigenvalue weighted by atomic mass is 10.1. The van der Waals surface area contributed by atoms with Crippen molar-refractivity contribution in [2.45, 2.75) is 13.0 Å². The van der Waals surface area contributed by atoms with Crippen LogP contribution in [0.3, 0.4) is 0 Å². The lowest BCUT2D eigenvalue weighted by Gasteiger charge is -2.09. The van der Waals surface area contributed by atoms with Gasteiger partial charge in [0.25, 0.3) is 0 Å². The number of hydrogen-bond donors (Lipinski definition) is 2. The third-order valence-electron chi connectivity index (χ3n) is 5.21. The van der Waals surface area contributed by atoms with Crippen LogP contribution in [0.25, 0.3) is 10.8 Å². The van der Waals surface area contributed by atoms with Crippen molar-refractivity contribution in [3.05, 3.63) is 108 Å². The van der Waals surface area contributed by atoms with E-state index in [2.05, 4.69) is 34.0 Å². The molecule has 0 bridgehead atoms. The smallest absolute Gasteiger partial charge is 0.329 e. The van der Waals surface area contributed by atoms with Crippen LogP contribution in [0, 0.1) is 11.3 Å². The summed E-state index contributed by atoms with van der Waals surface area (Å²) < 4.78 is 5.97. The molecule has 7 nitrogen and oxygen atoms in total. The van der Waals surface area contributed by atoms with Crippen LogP contribution in [-0.4, -0.2) is 18.0 Å². The lowest BCUT2D eigenvalue weighted by Crippen LogP contribution is -2.32. The molecule has 0 unspecified atom stereocenters. The van der Waals surface area contributed by atoms with Crippen LogP contribution in [0.15, 0.2) is 96.1 Å². The van der Waals surface area contributed by atoms with Crippen LogP contribution in [0.1, 0.15) is 16.7 Å². The van der Waals surface area contributed by atoms with Gasteiger partial charge in [0.1, 0.15) is 12.4 Å². The van der Waals surface area contributed by atoms with Crippen LogP contribution in [-0.2, 0) is 22.6 Å². The summed E-state index contributed by atoms with van der Waals surface area (Å²) in [6, 6.07) is 30.3. The molecule has 0 aliphatic heterocycles. The summed E-state index contributed by atoms with van der Waals surface area (Å²) in [7, 11) is 0. The van der Waals surface area contributed by atoms with Gasteiger partial charge >= 0.3 is 11.8 Å². The van der Waals surface area contributed by atoms with Gasteiger partial charge in [0.2, 0.25) is 0 Å². The zero-order chi connectivity index (χ0) is 24.5. The molecular formula is C28H22N4O3. The molecule has 4 rings (SSSR count). The molecule has 7 heteroatoms. The quantitative estimate of drug-likeness (QED) is 0.238. The Morgan fingerprint density at radius 1 is 0.914 bits per heavy atom. The van der Waals surface area contributed by atoms with E-state index in [4.69, 9.17) is 10.00 Å². The van der Waals surface area contributed by atoms with Gasteiger partial charge in [0.15, 0.2) is 0 Å². The predicted octanol–water partition coefficient (Wildman–Crippen LogP) is 4.57. The Balaban J connectivity index is 1.31. The first-order valence-corrected chi connectivity index (χ1v) is 10.9. The average molecular weight is 463 g/mol. The van der Waals surface area contributed by atoms with E-state index in [1.54, 1.807) is 30.3 Å². The second-order valence-corrected chi connectivity index (χ2v) is 7.68. The first-order chi connectivity index (χ1) is 17.1. The van der Waals surface area contributed by atoms with E-state index in [1.807, 2.05) is 48.5 Å². The van der Waals surface area contributed by atoms with E-state index in [-0.39, 0.29) is 6.42 Å². The van der Waals surface area contributed by atoms with E-state index < -0.39 is 11.8 Å². The van der Waals surface area contributed by atoms with Crippen LogP contribution in [0.2, 0.25) is 0 Å². The molecule has 0 aliphatic rings. The molecule has 0 aliphatic carbocycles. The topological polar surface area (TPSA) is 104 Å². The Bertz CT molecular complexity index is 1420. The minimum absolute atomic E-state index is 0.277. The average Bonchev–Trinajstić information content (AvgIpc) is 2.89. The molecule has 0 heterocycles. The van der Waals surface area contributed by atoms with Gasteiger partial charge in [-0.15, -0.1) is 0 Å². The summed E-state index contributed by atoms with van der Waals surface area (Å²) >= 11 is 0. The highest BCUT2D eigenvalue weighted by molar-refractivity contribution is 6.39. The Kier molecular flexibility index (Phi) is 7.46. The lowest BCUT2D eigenvalue weighted by molar-refractivity contribution is -0.136. The molecule has 0 fully saturated rings. The SMILES string of the molecule is N#CCc1ccc(NC(=O)C(=O)NN=Cc2cccc(OCc3cccc4ccccc34)c2)cc1. The summed E-state index contributed by atoms with van der Waals surface area (Å²) in [5.41, 5.74) is 5.27. The van der Waals surface area contributed by atoms with Crippen LogP contribution < -0.4 is 15.5 Å². The highest BCUT2D eigenvalue weighted by Crippen LogP contribution is 2.21. The number of rotatable bonds is 7. The van der Waals surface area contributed by atoms with E-state index in [0.717, 1.165) is 21.9 Å².